The van der Waals surface area contributed by atoms with E-state index in [9.17, 15) is 4.79 Å². The first kappa shape index (κ1) is 14.1. The van der Waals surface area contributed by atoms with Gasteiger partial charge in [-0.3, -0.25) is 9.78 Å². The molecule has 2 rings (SSSR count). The molecule has 0 aliphatic carbocycles. The summed E-state index contributed by atoms with van der Waals surface area (Å²) in [7, 11) is 1.65. The molecule has 20 heavy (non-hydrogen) atoms. The average molecular weight is 286 g/mol. The van der Waals surface area contributed by atoms with E-state index in [1.165, 1.54) is 11.1 Å². The van der Waals surface area contributed by atoms with Gasteiger partial charge in [0.2, 0.25) is 0 Å². The fraction of sp³-hybridized carbons (Fsp3) is 0.143. The van der Waals surface area contributed by atoms with Gasteiger partial charge >= 0.3 is 0 Å². The summed E-state index contributed by atoms with van der Waals surface area (Å²) in [5.41, 5.74) is 8.00. The van der Waals surface area contributed by atoms with Crippen LogP contribution in [0.1, 0.15) is 21.7 Å². The summed E-state index contributed by atoms with van der Waals surface area (Å²) in [6.45, 7) is 1.81. The third kappa shape index (κ3) is 2.80. The standard InChI is InChI=1S/C14H14N4OS/c1-9-7-17-11(8-16-9)14(19)18(2)12-6-4-3-5-10(12)13(15)20/h3-8H,1-2H3,(H2,15,20). The van der Waals surface area contributed by atoms with Crippen molar-refractivity contribution >= 4 is 28.8 Å². The molecule has 0 fully saturated rings. The average Bonchev–Trinajstić information content (AvgIpc) is 2.46. The zero-order chi connectivity index (χ0) is 14.7. The first-order chi connectivity index (χ1) is 9.50. The van der Waals surface area contributed by atoms with Gasteiger partial charge in [-0.25, -0.2) is 4.98 Å². The summed E-state index contributed by atoms with van der Waals surface area (Å²) < 4.78 is 0. The summed E-state index contributed by atoms with van der Waals surface area (Å²) in [6.07, 6.45) is 3.01. The van der Waals surface area contributed by atoms with E-state index in [4.69, 9.17) is 18.0 Å². The minimum Gasteiger partial charge on any atom is -0.389 e. The van der Waals surface area contributed by atoms with Crippen molar-refractivity contribution in [2.75, 3.05) is 11.9 Å². The van der Waals surface area contributed by atoms with Crippen LogP contribution in [0.3, 0.4) is 0 Å². The molecule has 0 atom stereocenters. The number of carbonyl (C=O) groups excluding carboxylic acids is 1. The molecule has 1 heterocycles. The Bertz CT molecular complexity index is 654. The van der Waals surface area contributed by atoms with Gasteiger partial charge in [0, 0.05) is 18.8 Å². The largest absolute Gasteiger partial charge is 0.389 e. The normalized spacial score (nSPS) is 10.1. The Kier molecular flexibility index (Phi) is 4.05. The third-order valence-corrected chi connectivity index (χ3v) is 3.06. The van der Waals surface area contributed by atoms with Crippen molar-refractivity contribution in [2.45, 2.75) is 6.92 Å². The van der Waals surface area contributed by atoms with Crippen LogP contribution in [0.4, 0.5) is 5.69 Å². The molecular weight excluding hydrogens is 272 g/mol. The van der Waals surface area contributed by atoms with Crippen LogP contribution >= 0.6 is 12.2 Å². The number of aromatic nitrogens is 2. The van der Waals surface area contributed by atoms with Gasteiger partial charge in [-0.1, -0.05) is 24.4 Å². The second kappa shape index (κ2) is 5.75. The van der Waals surface area contributed by atoms with Crippen molar-refractivity contribution in [3.05, 3.63) is 53.6 Å². The lowest BCUT2D eigenvalue weighted by molar-refractivity contribution is 0.0988. The van der Waals surface area contributed by atoms with Gasteiger partial charge in [0.05, 0.1) is 17.6 Å². The van der Waals surface area contributed by atoms with Gasteiger partial charge in [-0.15, -0.1) is 0 Å². The van der Waals surface area contributed by atoms with E-state index in [1.54, 1.807) is 25.4 Å². The summed E-state index contributed by atoms with van der Waals surface area (Å²) >= 11 is 5.00. The highest BCUT2D eigenvalue weighted by atomic mass is 32.1. The molecule has 0 saturated carbocycles. The van der Waals surface area contributed by atoms with Crippen molar-refractivity contribution in [1.29, 1.82) is 0 Å². The molecule has 6 heteroatoms. The van der Waals surface area contributed by atoms with Gasteiger partial charge in [-0.2, -0.15) is 0 Å². The number of amides is 1. The van der Waals surface area contributed by atoms with Gasteiger partial charge in [0.25, 0.3) is 5.91 Å². The van der Waals surface area contributed by atoms with Crippen molar-refractivity contribution < 1.29 is 4.79 Å². The van der Waals surface area contributed by atoms with Crippen molar-refractivity contribution in [3.8, 4) is 0 Å². The van der Waals surface area contributed by atoms with Crippen LogP contribution in [0.5, 0.6) is 0 Å². The smallest absolute Gasteiger partial charge is 0.278 e. The van der Waals surface area contributed by atoms with E-state index >= 15 is 0 Å². The number of rotatable bonds is 3. The summed E-state index contributed by atoms with van der Waals surface area (Å²) in [6, 6.07) is 7.21. The first-order valence-corrected chi connectivity index (χ1v) is 6.37. The fourth-order valence-electron chi connectivity index (χ4n) is 1.76. The van der Waals surface area contributed by atoms with Crippen molar-refractivity contribution in [1.82, 2.24) is 9.97 Å². The molecule has 1 aromatic carbocycles. The maximum atomic E-state index is 12.4. The van der Waals surface area contributed by atoms with Gasteiger partial charge in [0.1, 0.15) is 10.7 Å². The van der Waals surface area contributed by atoms with E-state index in [1.807, 2.05) is 19.1 Å². The highest BCUT2D eigenvalue weighted by Gasteiger charge is 2.18. The lowest BCUT2D eigenvalue weighted by atomic mass is 10.1. The number of aryl methyl sites for hydroxylation is 1. The Hall–Kier alpha value is -2.34. The van der Waals surface area contributed by atoms with Gasteiger partial charge in [0.15, 0.2) is 0 Å². The molecule has 0 aliphatic heterocycles. The first-order valence-electron chi connectivity index (χ1n) is 5.96. The van der Waals surface area contributed by atoms with E-state index in [0.29, 0.717) is 11.3 Å². The maximum absolute atomic E-state index is 12.4. The molecule has 1 amide bonds. The second-order valence-electron chi connectivity index (χ2n) is 4.29. The minimum atomic E-state index is -0.263. The third-order valence-electron chi connectivity index (χ3n) is 2.84. The van der Waals surface area contributed by atoms with Gasteiger partial charge < -0.3 is 10.6 Å². The number of hydrogen-bond acceptors (Lipinski definition) is 4. The van der Waals surface area contributed by atoms with Crippen LogP contribution in [-0.4, -0.2) is 27.9 Å². The SMILES string of the molecule is Cc1cnc(C(=O)N(C)c2ccccc2C(N)=S)cn1. The lowest BCUT2D eigenvalue weighted by Gasteiger charge is -2.19. The Labute approximate surface area is 122 Å². The minimum absolute atomic E-state index is 0.246. The van der Waals surface area contributed by atoms with Crippen LogP contribution < -0.4 is 10.6 Å². The molecule has 0 unspecified atom stereocenters. The summed E-state index contributed by atoms with van der Waals surface area (Å²) in [5.74, 6) is -0.263. The Morgan fingerprint density at radius 3 is 2.55 bits per heavy atom. The Morgan fingerprint density at radius 1 is 1.25 bits per heavy atom. The molecule has 0 saturated heterocycles. The number of carbonyl (C=O) groups is 1. The Morgan fingerprint density at radius 2 is 1.95 bits per heavy atom. The van der Waals surface area contributed by atoms with Crippen molar-refractivity contribution in [3.63, 3.8) is 0 Å². The molecule has 2 N–H and O–H groups in total. The summed E-state index contributed by atoms with van der Waals surface area (Å²) in [4.78, 5) is 22.2. The molecule has 0 bridgehead atoms. The number of hydrogen-bond donors (Lipinski definition) is 1. The van der Waals surface area contributed by atoms with Crippen molar-refractivity contribution in [2.24, 2.45) is 5.73 Å². The van der Waals surface area contributed by atoms with E-state index in [0.717, 1.165) is 5.69 Å². The Balaban J connectivity index is 2.36. The van der Waals surface area contributed by atoms with Crippen LogP contribution in [0, 0.1) is 6.92 Å². The van der Waals surface area contributed by atoms with Crippen LogP contribution in [0.15, 0.2) is 36.7 Å². The quantitative estimate of drug-likeness (QED) is 0.869. The molecule has 1 aromatic heterocycles. The number of benzene rings is 1. The molecule has 0 spiro atoms. The number of thiocarbonyl (C=S) groups is 1. The fourth-order valence-corrected chi connectivity index (χ4v) is 1.93. The molecule has 5 nitrogen and oxygen atoms in total. The van der Waals surface area contributed by atoms with E-state index in [2.05, 4.69) is 9.97 Å². The zero-order valence-electron chi connectivity index (χ0n) is 11.2. The maximum Gasteiger partial charge on any atom is 0.278 e. The van der Waals surface area contributed by atoms with Gasteiger partial charge in [-0.05, 0) is 19.1 Å². The van der Waals surface area contributed by atoms with E-state index < -0.39 is 0 Å². The predicted molar refractivity (Wildman–Crippen MR) is 81.8 cm³/mol. The number of para-hydroxylation sites is 1. The molecule has 2 aromatic rings. The second-order valence-corrected chi connectivity index (χ2v) is 4.73. The van der Waals surface area contributed by atoms with E-state index in [-0.39, 0.29) is 16.6 Å². The monoisotopic (exact) mass is 286 g/mol. The zero-order valence-corrected chi connectivity index (χ0v) is 12.0. The molecule has 0 aliphatic rings. The molecular formula is C14H14N4OS. The lowest BCUT2D eigenvalue weighted by Crippen LogP contribution is -2.29. The number of nitrogens with zero attached hydrogens (tertiary/aromatic N) is 3. The number of nitrogens with two attached hydrogens (primary N) is 1. The highest BCUT2D eigenvalue weighted by Crippen LogP contribution is 2.20. The van der Waals surface area contributed by atoms with Crippen LogP contribution in [0.25, 0.3) is 0 Å². The predicted octanol–water partition coefficient (Wildman–Crippen LogP) is 1.70. The topological polar surface area (TPSA) is 72.1 Å². The number of anilines is 1. The van der Waals surface area contributed by atoms with Crippen LogP contribution in [0.2, 0.25) is 0 Å². The highest BCUT2D eigenvalue weighted by molar-refractivity contribution is 7.80. The van der Waals surface area contributed by atoms with Crippen LogP contribution in [-0.2, 0) is 0 Å². The molecule has 102 valence electrons. The molecule has 0 radical (unpaired) electrons. The summed E-state index contributed by atoms with van der Waals surface area (Å²) in [5, 5.41) is 0.